The molecule has 2 atom stereocenters. The molecule has 3 heteroatoms. The van der Waals surface area contributed by atoms with Crippen molar-refractivity contribution in [2.24, 2.45) is 5.92 Å². The molecule has 108 valence electrons. The van der Waals surface area contributed by atoms with Crippen LogP contribution in [0.4, 0.5) is 5.69 Å². The first-order valence-corrected chi connectivity index (χ1v) is 7.74. The number of hydrogen-bond donors (Lipinski definition) is 0. The van der Waals surface area contributed by atoms with E-state index in [1.165, 1.54) is 12.0 Å². The molecule has 2 aliphatic rings. The van der Waals surface area contributed by atoms with Gasteiger partial charge in [-0.3, -0.25) is 4.79 Å². The number of carbonyl (C=O) groups excluding carboxylic acids is 1. The zero-order valence-corrected chi connectivity index (χ0v) is 12.2. The maximum Gasteiger partial charge on any atom is 0.229 e. The molecule has 0 N–H and O–H groups in total. The van der Waals surface area contributed by atoms with Gasteiger partial charge in [-0.05, 0) is 43.2 Å². The van der Waals surface area contributed by atoms with Gasteiger partial charge in [0.25, 0.3) is 0 Å². The van der Waals surface area contributed by atoms with E-state index in [1.54, 1.807) is 0 Å². The van der Waals surface area contributed by atoms with Gasteiger partial charge in [0.15, 0.2) is 0 Å². The zero-order chi connectivity index (χ0) is 13.9. The van der Waals surface area contributed by atoms with Crippen LogP contribution in [-0.2, 0) is 16.0 Å². The minimum Gasteiger partial charge on any atom is -0.378 e. The Hall–Kier alpha value is -1.35. The first-order chi connectivity index (χ1) is 9.74. The fourth-order valence-corrected chi connectivity index (χ4v) is 3.31. The van der Waals surface area contributed by atoms with E-state index in [9.17, 15) is 4.79 Å². The van der Waals surface area contributed by atoms with Gasteiger partial charge in [0.1, 0.15) is 0 Å². The number of carbonyl (C=O) groups is 1. The summed E-state index contributed by atoms with van der Waals surface area (Å²) in [5.41, 5.74) is 2.40. The monoisotopic (exact) mass is 273 g/mol. The van der Waals surface area contributed by atoms with E-state index in [4.69, 9.17) is 4.74 Å². The van der Waals surface area contributed by atoms with E-state index >= 15 is 0 Å². The van der Waals surface area contributed by atoms with Gasteiger partial charge in [-0.15, -0.1) is 0 Å². The average Bonchev–Trinajstić information content (AvgIpc) is 2.47. The number of ether oxygens (including phenoxy) is 1. The van der Waals surface area contributed by atoms with E-state index in [-0.39, 0.29) is 12.0 Å². The van der Waals surface area contributed by atoms with Gasteiger partial charge in [-0.1, -0.05) is 25.1 Å². The van der Waals surface area contributed by atoms with Crippen LogP contribution in [0.1, 0.15) is 38.2 Å². The van der Waals surface area contributed by atoms with Crippen molar-refractivity contribution in [3.05, 3.63) is 29.8 Å². The van der Waals surface area contributed by atoms with Crippen LogP contribution in [0.5, 0.6) is 0 Å². The zero-order valence-electron chi connectivity index (χ0n) is 12.2. The third-order valence-electron chi connectivity index (χ3n) is 4.32. The minimum absolute atomic E-state index is 0.126. The molecule has 0 spiro atoms. The summed E-state index contributed by atoms with van der Waals surface area (Å²) < 4.78 is 5.71. The largest absolute Gasteiger partial charge is 0.378 e. The number of nitrogens with zero attached hydrogens (tertiary/aromatic N) is 1. The van der Waals surface area contributed by atoms with Crippen LogP contribution in [0.3, 0.4) is 0 Å². The fourth-order valence-electron chi connectivity index (χ4n) is 3.31. The maximum atomic E-state index is 12.6. The predicted octanol–water partition coefficient (Wildman–Crippen LogP) is 3.17. The summed E-state index contributed by atoms with van der Waals surface area (Å²) in [5, 5.41) is 0. The Morgan fingerprint density at radius 1 is 1.35 bits per heavy atom. The molecule has 0 saturated carbocycles. The van der Waals surface area contributed by atoms with Crippen molar-refractivity contribution in [3.63, 3.8) is 0 Å². The molecule has 20 heavy (non-hydrogen) atoms. The van der Waals surface area contributed by atoms with E-state index in [1.807, 2.05) is 11.0 Å². The molecule has 2 heterocycles. The molecule has 1 saturated heterocycles. The Kier molecular flexibility index (Phi) is 4.06. The van der Waals surface area contributed by atoms with Crippen LogP contribution in [0.2, 0.25) is 0 Å². The lowest BCUT2D eigenvalue weighted by Crippen LogP contribution is -2.41. The van der Waals surface area contributed by atoms with Crippen LogP contribution < -0.4 is 4.90 Å². The Labute approximate surface area is 120 Å². The lowest BCUT2D eigenvalue weighted by Gasteiger charge is -2.34. The summed E-state index contributed by atoms with van der Waals surface area (Å²) in [6, 6.07) is 8.29. The first kappa shape index (κ1) is 13.6. The molecule has 3 nitrogen and oxygen atoms in total. The number of benzene rings is 1. The van der Waals surface area contributed by atoms with Crippen molar-refractivity contribution >= 4 is 11.6 Å². The second-order valence-corrected chi connectivity index (χ2v) is 6.14. The number of para-hydroxylation sites is 1. The summed E-state index contributed by atoms with van der Waals surface area (Å²) in [6.45, 7) is 3.86. The Morgan fingerprint density at radius 3 is 3.00 bits per heavy atom. The van der Waals surface area contributed by atoms with E-state index in [0.717, 1.165) is 38.1 Å². The first-order valence-electron chi connectivity index (χ1n) is 7.74. The van der Waals surface area contributed by atoms with Gasteiger partial charge in [-0.25, -0.2) is 0 Å². The predicted molar refractivity (Wildman–Crippen MR) is 79.9 cm³/mol. The lowest BCUT2D eigenvalue weighted by atomic mass is 9.93. The summed E-state index contributed by atoms with van der Waals surface area (Å²) in [6.07, 6.45) is 5.07. The number of hydrogen-bond acceptors (Lipinski definition) is 2. The second-order valence-electron chi connectivity index (χ2n) is 6.14. The highest BCUT2D eigenvalue weighted by Gasteiger charge is 2.28. The minimum atomic E-state index is 0.126. The molecule has 2 unspecified atom stereocenters. The summed E-state index contributed by atoms with van der Waals surface area (Å²) in [4.78, 5) is 14.6. The molecule has 0 bridgehead atoms. The van der Waals surface area contributed by atoms with Gasteiger partial charge in [0.05, 0.1) is 12.5 Å². The maximum absolute atomic E-state index is 12.6. The molecule has 1 aromatic rings. The van der Waals surface area contributed by atoms with Crippen LogP contribution in [0, 0.1) is 5.92 Å². The highest BCUT2D eigenvalue weighted by molar-refractivity contribution is 5.94. The van der Waals surface area contributed by atoms with Crippen molar-refractivity contribution in [1.82, 2.24) is 0 Å². The molecule has 0 aromatic heterocycles. The number of amides is 1. The smallest absolute Gasteiger partial charge is 0.229 e. The van der Waals surface area contributed by atoms with Crippen molar-refractivity contribution in [1.29, 1.82) is 0 Å². The summed E-state index contributed by atoms with van der Waals surface area (Å²) in [5.74, 6) is 0.747. The van der Waals surface area contributed by atoms with Crippen LogP contribution in [-0.4, -0.2) is 25.2 Å². The molecule has 1 amide bonds. The van der Waals surface area contributed by atoms with Gasteiger partial charge in [0.2, 0.25) is 5.91 Å². The molecule has 1 fully saturated rings. The van der Waals surface area contributed by atoms with Gasteiger partial charge in [-0.2, -0.15) is 0 Å². The van der Waals surface area contributed by atoms with Crippen molar-refractivity contribution < 1.29 is 9.53 Å². The fraction of sp³-hybridized carbons (Fsp3) is 0.588. The highest BCUT2D eigenvalue weighted by atomic mass is 16.5. The number of anilines is 1. The Bertz CT molecular complexity index is 480. The molecular formula is C17H23NO2. The Balaban J connectivity index is 1.74. The normalized spacial score (nSPS) is 26.1. The van der Waals surface area contributed by atoms with Crippen LogP contribution in [0.15, 0.2) is 24.3 Å². The summed E-state index contributed by atoms with van der Waals surface area (Å²) in [7, 11) is 0. The topological polar surface area (TPSA) is 29.5 Å². The third kappa shape index (κ3) is 2.88. The quantitative estimate of drug-likeness (QED) is 0.828. The standard InChI is InChI=1S/C17H23NO2/c1-13-10-14-6-2-3-8-16(14)18(12-13)17(19)11-15-7-4-5-9-20-15/h2-3,6,8,13,15H,4-5,7,9-12H2,1H3. The number of rotatable bonds is 2. The molecule has 0 aliphatic carbocycles. The van der Waals surface area contributed by atoms with Crippen molar-refractivity contribution in [3.8, 4) is 0 Å². The molecule has 0 radical (unpaired) electrons. The van der Waals surface area contributed by atoms with E-state index in [0.29, 0.717) is 12.3 Å². The number of fused-ring (bicyclic) bond motifs is 1. The van der Waals surface area contributed by atoms with Gasteiger partial charge >= 0.3 is 0 Å². The summed E-state index contributed by atoms with van der Waals surface area (Å²) >= 11 is 0. The third-order valence-corrected chi connectivity index (χ3v) is 4.32. The average molecular weight is 273 g/mol. The van der Waals surface area contributed by atoms with Crippen molar-refractivity contribution in [2.75, 3.05) is 18.1 Å². The van der Waals surface area contributed by atoms with E-state index in [2.05, 4.69) is 25.1 Å². The second kappa shape index (κ2) is 5.96. The molecule has 1 aromatic carbocycles. The molecule has 2 aliphatic heterocycles. The van der Waals surface area contributed by atoms with Crippen LogP contribution in [0.25, 0.3) is 0 Å². The van der Waals surface area contributed by atoms with Gasteiger partial charge < -0.3 is 9.64 Å². The van der Waals surface area contributed by atoms with Gasteiger partial charge in [0, 0.05) is 18.8 Å². The van der Waals surface area contributed by atoms with Crippen LogP contribution >= 0.6 is 0 Å². The molecule has 3 rings (SSSR count). The van der Waals surface area contributed by atoms with Crippen molar-refractivity contribution in [2.45, 2.75) is 45.1 Å². The Morgan fingerprint density at radius 2 is 2.20 bits per heavy atom. The van der Waals surface area contributed by atoms with E-state index < -0.39 is 0 Å². The SMILES string of the molecule is CC1Cc2ccccc2N(C(=O)CC2CCCCO2)C1. The highest BCUT2D eigenvalue weighted by Crippen LogP contribution is 2.30. The lowest BCUT2D eigenvalue weighted by molar-refractivity contribution is -0.122. The molecular weight excluding hydrogens is 250 g/mol.